The molecule has 5 atom stereocenters. The molecule has 0 spiro atoms. The summed E-state index contributed by atoms with van der Waals surface area (Å²) in [5.41, 5.74) is 6.88. The highest BCUT2D eigenvalue weighted by Crippen LogP contribution is 2.11. The minimum absolute atomic E-state index is 0.0245. The Bertz CT molecular complexity index is 769. The number of carbonyl (C=O) groups is 3. The number of rotatable bonds is 17. The van der Waals surface area contributed by atoms with Gasteiger partial charge in [-0.15, -0.1) is 0 Å². The molecular formula is C25H42N4O4S2. The molecule has 0 heterocycles. The fourth-order valence-corrected chi connectivity index (χ4v) is 4.05. The third-order valence-corrected chi connectivity index (χ3v) is 6.86. The van der Waals surface area contributed by atoms with Crippen molar-refractivity contribution in [2.75, 3.05) is 30.9 Å². The lowest BCUT2D eigenvalue weighted by atomic mass is 9.97. The Morgan fingerprint density at radius 3 is 2.31 bits per heavy atom. The molecule has 0 aliphatic heterocycles. The van der Waals surface area contributed by atoms with Crippen molar-refractivity contribution in [3.63, 3.8) is 0 Å². The number of nitrogens with two attached hydrogens (primary N) is 1. The van der Waals surface area contributed by atoms with Crippen LogP contribution in [0.5, 0.6) is 0 Å². The first-order chi connectivity index (χ1) is 16.8. The second-order valence-corrected chi connectivity index (χ2v) is 9.91. The second-order valence-electron chi connectivity index (χ2n) is 8.56. The molecule has 5 N–H and O–H groups in total. The molecule has 0 aromatic heterocycles. The minimum atomic E-state index is -0.858. The van der Waals surface area contributed by atoms with Gasteiger partial charge in [0.05, 0.1) is 12.6 Å². The van der Waals surface area contributed by atoms with E-state index in [2.05, 4.69) is 28.6 Å². The Morgan fingerprint density at radius 2 is 1.74 bits per heavy atom. The van der Waals surface area contributed by atoms with Gasteiger partial charge in [0.2, 0.25) is 11.8 Å². The highest BCUT2D eigenvalue weighted by atomic mass is 32.2. The zero-order valence-corrected chi connectivity index (χ0v) is 23.0. The van der Waals surface area contributed by atoms with Gasteiger partial charge in [-0.3, -0.25) is 9.59 Å². The first-order valence-corrected chi connectivity index (χ1v) is 14.2. The third kappa shape index (κ3) is 11.7. The van der Waals surface area contributed by atoms with Crippen LogP contribution in [-0.4, -0.2) is 72.9 Å². The zero-order valence-electron chi connectivity index (χ0n) is 21.3. The lowest BCUT2D eigenvalue weighted by molar-refractivity contribution is -0.147. The van der Waals surface area contributed by atoms with Gasteiger partial charge in [0.25, 0.3) is 0 Å². The van der Waals surface area contributed by atoms with E-state index in [9.17, 15) is 14.4 Å². The standard InChI is InChI=1S/C25H42N4O4S2/c1-5-17(3)22(27-15-19(26)16-34)24(31)29-21(14-18-10-8-7-9-11-18)23(30)28-20(12-13-35-4)25(32)33-6-2/h7-11,17,19-22,27,34H,5-6,12-16,26H2,1-4H3,(H,28,30)(H,29,31)/t17?,19?,20-,21-,22-/m0/s1. The Kier molecular flexibility index (Phi) is 15.8. The van der Waals surface area contributed by atoms with Crippen LogP contribution in [0.2, 0.25) is 0 Å². The summed E-state index contributed by atoms with van der Waals surface area (Å²) in [4.78, 5) is 39.1. The molecule has 2 unspecified atom stereocenters. The maximum absolute atomic E-state index is 13.3. The Labute approximate surface area is 219 Å². The summed E-state index contributed by atoms with van der Waals surface area (Å²) in [6, 6.07) is 7.12. The average Bonchev–Trinajstić information content (AvgIpc) is 2.86. The fourth-order valence-electron chi connectivity index (χ4n) is 3.45. The molecule has 0 aliphatic rings. The van der Waals surface area contributed by atoms with Crippen LogP contribution in [0.25, 0.3) is 0 Å². The number of thiol groups is 1. The molecule has 0 saturated heterocycles. The SMILES string of the molecule is CCOC(=O)[C@H](CCSC)NC(=O)[C@H](Cc1ccccc1)NC(=O)[C@@H](NCC(N)CS)C(C)CC. The van der Waals surface area contributed by atoms with Gasteiger partial charge in [0.15, 0.2) is 0 Å². The van der Waals surface area contributed by atoms with Crippen LogP contribution in [0.1, 0.15) is 39.2 Å². The van der Waals surface area contributed by atoms with Crippen LogP contribution in [0.4, 0.5) is 0 Å². The van der Waals surface area contributed by atoms with Crippen LogP contribution in [0, 0.1) is 5.92 Å². The molecule has 1 rings (SSSR count). The molecule has 0 radical (unpaired) electrons. The van der Waals surface area contributed by atoms with Crippen molar-refractivity contribution in [2.45, 2.75) is 64.2 Å². The summed E-state index contributed by atoms with van der Waals surface area (Å²) in [5.74, 6) is 0.0303. The summed E-state index contributed by atoms with van der Waals surface area (Å²) in [7, 11) is 0. The van der Waals surface area contributed by atoms with E-state index in [4.69, 9.17) is 10.5 Å². The summed E-state index contributed by atoms with van der Waals surface area (Å²) in [5, 5.41) is 8.97. The van der Waals surface area contributed by atoms with Crippen LogP contribution in [-0.2, 0) is 25.5 Å². The van der Waals surface area contributed by atoms with Crippen molar-refractivity contribution >= 4 is 42.2 Å². The van der Waals surface area contributed by atoms with Crippen molar-refractivity contribution in [2.24, 2.45) is 11.7 Å². The topological polar surface area (TPSA) is 123 Å². The van der Waals surface area contributed by atoms with E-state index in [1.807, 2.05) is 50.4 Å². The highest BCUT2D eigenvalue weighted by molar-refractivity contribution is 7.98. The zero-order chi connectivity index (χ0) is 26.2. The molecule has 0 fully saturated rings. The number of thioether (sulfide) groups is 1. The fraction of sp³-hybridized carbons (Fsp3) is 0.640. The van der Waals surface area contributed by atoms with Crippen molar-refractivity contribution < 1.29 is 19.1 Å². The van der Waals surface area contributed by atoms with E-state index >= 15 is 0 Å². The number of ether oxygens (including phenoxy) is 1. The molecule has 198 valence electrons. The van der Waals surface area contributed by atoms with Gasteiger partial charge < -0.3 is 26.4 Å². The van der Waals surface area contributed by atoms with E-state index in [1.54, 1.807) is 18.7 Å². The smallest absolute Gasteiger partial charge is 0.328 e. The van der Waals surface area contributed by atoms with Gasteiger partial charge in [0.1, 0.15) is 12.1 Å². The van der Waals surface area contributed by atoms with Gasteiger partial charge in [-0.1, -0.05) is 50.6 Å². The van der Waals surface area contributed by atoms with Gasteiger partial charge in [0, 0.05) is 24.8 Å². The molecule has 1 aromatic carbocycles. The largest absolute Gasteiger partial charge is 0.464 e. The summed E-state index contributed by atoms with van der Waals surface area (Å²) in [6.07, 6.45) is 3.44. The summed E-state index contributed by atoms with van der Waals surface area (Å²) in [6.45, 7) is 6.38. The van der Waals surface area contributed by atoms with E-state index in [1.165, 1.54) is 0 Å². The van der Waals surface area contributed by atoms with E-state index in [-0.39, 0.29) is 24.5 Å². The van der Waals surface area contributed by atoms with Crippen molar-refractivity contribution in [3.8, 4) is 0 Å². The number of nitrogens with one attached hydrogen (secondary N) is 3. The number of amides is 2. The van der Waals surface area contributed by atoms with E-state index in [0.29, 0.717) is 30.9 Å². The normalized spacial score (nSPS) is 15.4. The Hall–Kier alpha value is -1.75. The lowest BCUT2D eigenvalue weighted by Gasteiger charge is -2.28. The predicted octanol–water partition coefficient (Wildman–Crippen LogP) is 1.78. The maximum atomic E-state index is 13.3. The molecule has 1 aromatic rings. The Morgan fingerprint density at radius 1 is 1.09 bits per heavy atom. The second kappa shape index (κ2) is 17.6. The highest BCUT2D eigenvalue weighted by Gasteiger charge is 2.31. The lowest BCUT2D eigenvalue weighted by Crippen LogP contribution is -2.58. The monoisotopic (exact) mass is 526 g/mol. The van der Waals surface area contributed by atoms with Gasteiger partial charge in [-0.05, 0) is 36.8 Å². The first-order valence-electron chi connectivity index (χ1n) is 12.2. The predicted molar refractivity (Wildman–Crippen MR) is 147 cm³/mol. The molecule has 0 aliphatic carbocycles. The van der Waals surface area contributed by atoms with Gasteiger partial charge >= 0.3 is 5.97 Å². The molecule has 2 amide bonds. The number of hydrogen-bond donors (Lipinski definition) is 5. The van der Waals surface area contributed by atoms with Crippen LogP contribution >= 0.6 is 24.4 Å². The maximum Gasteiger partial charge on any atom is 0.328 e. The average molecular weight is 527 g/mol. The molecule has 10 heteroatoms. The molecule has 0 bridgehead atoms. The number of esters is 1. The molecular weight excluding hydrogens is 484 g/mol. The minimum Gasteiger partial charge on any atom is -0.464 e. The van der Waals surface area contributed by atoms with Gasteiger partial charge in [-0.2, -0.15) is 24.4 Å². The van der Waals surface area contributed by atoms with Crippen molar-refractivity contribution in [1.29, 1.82) is 0 Å². The van der Waals surface area contributed by atoms with Crippen LogP contribution < -0.4 is 21.7 Å². The number of hydrogen-bond acceptors (Lipinski definition) is 8. The van der Waals surface area contributed by atoms with Crippen molar-refractivity contribution in [1.82, 2.24) is 16.0 Å². The van der Waals surface area contributed by atoms with Crippen molar-refractivity contribution in [3.05, 3.63) is 35.9 Å². The Balaban J connectivity index is 3.09. The van der Waals surface area contributed by atoms with Crippen LogP contribution in [0.15, 0.2) is 30.3 Å². The summed E-state index contributed by atoms with van der Waals surface area (Å²) >= 11 is 5.79. The van der Waals surface area contributed by atoms with Gasteiger partial charge in [-0.25, -0.2) is 4.79 Å². The molecule has 35 heavy (non-hydrogen) atoms. The van der Waals surface area contributed by atoms with E-state index < -0.39 is 30.0 Å². The summed E-state index contributed by atoms with van der Waals surface area (Å²) < 4.78 is 5.15. The third-order valence-electron chi connectivity index (χ3n) is 5.74. The first kappa shape index (κ1) is 31.3. The van der Waals surface area contributed by atoms with E-state index in [0.717, 1.165) is 12.0 Å². The number of benzene rings is 1. The molecule has 0 saturated carbocycles. The number of carbonyl (C=O) groups excluding carboxylic acids is 3. The molecule has 8 nitrogen and oxygen atoms in total. The van der Waals surface area contributed by atoms with Crippen LogP contribution in [0.3, 0.4) is 0 Å². The quantitative estimate of drug-likeness (QED) is 0.155.